The number of aromatic nitrogens is 1. The van der Waals surface area contributed by atoms with Gasteiger partial charge in [0.2, 0.25) is 0 Å². The van der Waals surface area contributed by atoms with Crippen molar-refractivity contribution in [1.29, 1.82) is 0 Å². The molecule has 0 atom stereocenters. The Balaban J connectivity index is 1.78. The van der Waals surface area contributed by atoms with E-state index in [-0.39, 0.29) is 11.7 Å². The predicted molar refractivity (Wildman–Crippen MR) is 73.2 cm³/mol. The summed E-state index contributed by atoms with van der Waals surface area (Å²) in [7, 11) is 0. The molecule has 0 saturated heterocycles. The third kappa shape index (κ3) is 2.38. The molecule has 0 unspecified atom stereocenters. The number of hydrogen-bond acceptors (Lipinski definition) is 3. The summed E-state index contributed by atoms with van der Waals surface area (Å²) in [6.07, 6.45) is 3.20. The number of hydrogen-bond donors (Lipinski definition) is 1. The Hall–Kier alpha value is -1.75. The topological polar surface area (TPSA) is 42.0 Å². The highest BCUT2D eigenvalue weighted by Gasteiger charge is 2.18. The van der Waals surface area contributed by atoms with Crippen molar-refractivity contribution in [3.63, 3.8) is 0 Å². The zero-order valence-corrected chi connectivity index (χ0v) is 11.3. The van der Waals surface area contributed by atoms with Crippen molar-refractivity contribution in [2.24, 2.45) is 0 Å². The molecule has 0 spiro atoms. The van der Waals surface area contributed by atoms with Crippen LogP contribution in [0.25, 0.3) is 0 Å². The molecule has 98 valence electrons. The van der Waals surface area contributed by atoms with Gasteiger partial charge in [0.25, 0.3) is 5.91 Å². The Bertz CT molecular complexity index is 629. The number of thiazole rings is 1. The Kier molecular flexibility index (Phi) is 3.06. The molecule has 3 nitrogen and oxygen atoms in total. The van der Waals surface area contributed by atoms with Crippen LogP contribution in [0.15, 0.2) is 18.2 Å². The number of rotatable bonds is 2. The molecule has 1 heterocycles. The molecule has 1 N–H and O–H groups in total. The van der Waals surface area contributed by atoms with Crippen LogP contribution in [0.2, 0.25) is 0 Å². The molecule has 0 aliphatic heterocycles. The van der Waals surface area contributed by atoms with Crippen molar-refractivity contribution >= 4 is 22.4 Å². The van der Waals surface area contributed by atoms with E-state index in [4.69, 9.17) is 0 Å². The van der Waals surface area contributed by atoms with E-state index in [0.29, 0.717) is 16.3 Å². The molecule has 0 radical (unpaired) electrons. The molecule has 0 fully saturated rings. The smallest absolute Gasteiger partial charge is 0.257 e. The molecule has 3 rings (SSSR count). The van der Waals surface area contributed by atoms with Crippen LogP contribution in [0.4, 0.5) is 9.52 Å². The van der Waals surface area contributed by atoms with Gasteiger partial charge in [0.1, 0.15) is 5.82 Å². The lowest BCUT2D eigenvalue weighted by Gasteiger charge is -2.03. The minimum atomic E-state index is -0.301. The number of carbonyl (C=O) groups is 1. The number of nitrogens with one attached hydrogen (secondary N) is 1. The average Bonchev–Trinajstić information content (AvgIpc) is 2.93. The van der Waals surface area contributed by atoms with E-state index in [0.717, 1.165) is 25.0 Å². The zero-order chi connectivity index (χ0) is 13.4. The van der Waals surface area contributed by atoms with Crippen molar-refractivity contribution in [2.75, 3.05) is 5.32 Å². The molecule has 0 saturated carbocycles. The number of anilines is 1. The standard InChI is InChI=1S/C14H13FN2OS/c1-8-7-9(5-6-10(8)15)13(18)17-14-16-11-3-2-4-12(11)19-14/h5-7H,2-4H2,1H3,(H,16,17,18). The fraction of sp³-hybridized carbons (Fsp3) is 0.286. The van der Waals surface area contributed by atoms with Gasteiger partial charge in [-0.15, -0.1) is 11.3 Å². The highest BCUT2D eigenvalue weighted by molar-refractivity contribution is 7.15. The third-order valence-electron chi connectivity index (χ3n) is 3.24. The maximum atomic E-state index is 13.2. The van der Waals surface area contributed by atoms with Crippen LogP contribution in [-0.2, 0) is 12.8 Å². The largest absolute Gasteiger partial charge is 0.298 e. The van der Waals surface area contributed by atoms with Crippen LogP contribution in [0, 0.1) is 12.7 Å². The second kappa shape index (κ2) is 4.74. The lowest BCUT2D eigenvalue weighted by Crippen LogP contribution is -2.12. The Morgan fingerprint density at radius 1 is 1.42 bits per heavy atom. The van der Waals surface area contributed by atoms with Gasteiger partial charge in [-0.25, -0.2) is 9.37 Å². The van der Waals surface area contributed by atoms with Gasteiger partial charge >= 0.3 is 0 Å². The Labute approximate surface area is 114 Å². The summed E-state index contributed by atoms with van der Waals surface area (Å²) in [5, 5.41) is 3.42. The van der Waals surface area contributed by atoms with Crippen LogP contribution < -0.4 is 5.32 Å². The lowest BCUT2D eigenvalue weighted by atomic mass is 10.1. The summed E-state index contributed by atoms with van der Waals surface area (Å²) in [5.41, 5.74) is 2.03. The minimum Gasteiger partial charge on any atom is -0.298 e. The van der Waals surface area contributed by atoms with Gasteiger partial charge in [-0.3, -0.25) is 10.1 Å². The summed E-state index contributed by atoms with van der Waals surface area (Å²) in [6.45, 7) is 1.64. The molecule has 1 aromatic carbocycles. The summed E-state index contributed by atoms with van der Waals surface area (Å²) in [6, 6.07) is 4.34. The normalized spacial score (nSPS) is 13.4. The molecule has 1 aromatic heterocycles. The number of aryl methyl sites for hydroxylation is 3. The van der Waals surface area contributed by atoms with E-state index in [1.807, 2.05) is 0 Å². The SMILES string of the molecule is Cc1cc(C(=O)Nc2nc3c(s2)CCC3)ccc1F. The number of nitrogens with zero attached hydrogens (tertiary/aromatic N) is 1. The van der Waals surface area contributed by atoms with Crippen molar-refractivity contribution in [3.05, 3.63) is 45.7 Å². The van der Waals surface area contributed by atoms with Gasteiger partial charge in [-0.1, -0.05) is 0 Å². The first-order valence-corrected chi connectivity index (χ1v) is 7.01. The number of benzene rings is 1. The molecular weight excluding hydrogens is 263 g/mol. The summed E-state index contributed by atoms with van der Waals surface area (Å²) >= 11 is 1.54. The first kappa shape index (κ1) is 12.3. The molecule has 2 aromatic rings. The third-order valence-corrected chi connectivity index (χ3v) is 4.31. The monoisotopic (exact) mass is 276 g/mol. The van der Waals surface area contributed by atoms with Gasteiger partial charge in [0, 0.05) is 10.4 Å². The highest BCUT2D eigenvalue weighted by atomic mass is 32.1. The molecule has 1 aliphatic carbocycles. The molecule has 5 heteroatoms. The fourth-order valence-electron chi connectivity index (χ4n) is 2.20. The van der Waals surface area contributed by atoms with E-state index in [1.54, 1.807) is 13.0 Å². The van der Waals surface area contributed by atoms with Gasteiger partial charge in [0.05, 0.1) is 5.69 Å². The summed E-state index contributed by atoms with van der Waals surface area (Å²) < 4.78 is 13.2. The fourth-order valence-corrected chi connectivity index (χ4v) is 3.24. The maximum Gasteiger partial charge on any atom is 0.257 e. The van der Waals surface area contributed by atoms with Crippen LogP contribution in [0.5, 0.6) is 0 Å². The van der Waals surface area contributed by atoms with Crippen LogP contribution in [-0.4, -0.2) is 10.9 Å². The van der Waals surface area contributed by atoms with Gasteiger partial charge in [-0.05, 0) is 49.9 Å². The van der Waals surface area contributed by atoms with Crippen molar-refractivity contribution in [2.45, 2.75) is 26.2 Å². The first-order chi connectivity index (χ1) is 9.13. The van der Waals surface area contributed by atoms with E-state index < -0.39 is 0 Å². The van der Waals surface area contributed by atoms with E-state index in [2.05, 4.69) is 10.3 Å². The number of fused-ring (bicyclic) bond motifs is 1. The molecule has 1 amide bonds. The van der Waals surface area contributed by atoms with Crippen LogP contribution >= 0.6 is 11.3 Å². The van der Waals surface area contributed by atoms with Gasteiger partial charge in [-0.2, -0.15) is 0 Å². The van der Waals surface area contributed by atoms with Gasteiger partial charge < -0.3 is 0 Å². The van der Waals surface area contributed by atoms with E-state index >= 15 is 0 Å². The minimum absolute atomic E-state index is 0.240. The predicted octanol–water partition coefficient (Wildman–Crippen LogP) is 3.33. The molecule has 19 heavy (non-hydrogen) atoms. The quantitative estimate of drug-likeness (QED) is 0.914. The second-order valence-corrected chi connectivity index (χ2v) is 5.74. The Morgan fingerprint density at radius 2 is 2.26 bits per heavy atom. The zero-order valence-electron chi connectivity index (χ0n) is 10.5. The number of carbonyl (C=O) groups excluding carboxylic acids is 1. The average molecular weight is 276 g/mol. The summed E-state index contributed by atoms with van der Waals surface area (Å²) in [5.74, 6) is -0.541. The maximum absolute atomic E-state index is 13.2. The summed E-state index contributed by atoms with van der Waals surface area (Å²) in [4.78, 5) is 17.7. The van der Waals surface area contributed by atoms with Crippen molar-refractivity contribution in [1.82, 2.24) is 4.98 Å². The molecular formula is C14H13FN2OS. The van der Waals surface area contributed by atoms with Crippen LogP contribution in [0.1, 0.15) is 32.9 Å². The first-order valence-electron chi connectivity index (χ1n) is 6.19. The Morgan fingerprint density at radius 3 is 3.00 bits per heavy atom. The number of amides is 1. The second-order valence-electron chi connectivity index (χ2n) is 4.66. The lowest BCUT2D eigenvalue weighted by molar-refractivity contribution is 0.102. The van der Waals surface area contributed by atoms with Crippen molar-refractivity contribution in [3.8, 4) is 0 Å². The van der Waals surface area contributed by atoms with Gasteiger partial charge in [0.15, 0.2) is 5.13 Å². The molecule has 0 bridgehead atoms. The number of halogens is 1. The molecule has 1 aliphatic rings. The van der Waals surface area contributed by atoms with Crippen LogP contribution in [0.3, 0.4) is 0 Å². The van der Waals surface area contributed by atoms with E-state index in [1.165, 1.54) is 28.3 Å². The van der Waals surface area contributed by atoms with E-state index in [9.17, 15) is 9.18 Å². The van der Waals surface area contributed by atoms with Crippen molar-refractivity contribution < 1.29 is 9.18 Å². The highest BCUT2D eigenvalue weighted by Crippen LogP contribution is 2.30.